The molecule has 0 amide bonds. The number of rotatable bonds is 4. The normalized spacial score (nSPS) is 10.0. The van der Waals surface area contributed by atoms with Gasteiger partial charge in [0.15, 0.2) is 0 Å². The average molecular weight is 217 g/mol. The van der Waals surface area contributed by atoms with Crippen LogP contribution in [0.5, 0.6) is 0 Å². The van der Waals surface area contributed by atoms with Gasteiger partial charge in [-0.1, -0.05) is 18.2 Å². The zero-order chi connectivity index (χ0) is 11.4. The number of nitrogens with zero attached hydrogens (tertiary/aromatic N) is 2. The highest BCUT2D eigenvalue weighted by atomic mass is 16.4. The van der Waals surface area contributed by atoms with E-state index >= 15 is 0 Å². The Kier molecular flexibility index (Phi) is 2.86. The molecule has 0 atom stereocenters. The van der Waals surface area contributed by atoms with Gasteiger partial charge in [0.2, 0.25) is 5.95 Å². The second-order valence-electron chi connectivity index (χ2n) is 3.20. The molecule has 1 aromatic heterocycles. The van der Waals surface area contributed by atoms with Crippen molar-refractivity contribution in [3.8, 4) is 5.69 Å². The van der Waals surface area contributed by atoms with Crippen molar-refractivity contribution in [2.24, 2.45) is 0 Å². The molecular weight excluding hydrogens is 206 g/mol. The highest BCUT2D eigenvalue weighted by molar-refractivity contribution is 5.72. The monoisotopic (exact) mass is 217 g/mol. The highest BCUT2D eigenvalue weighted by Crippen LogP contribution is 2.13. The number of nitrogens with one attached hydrogen (secondary N) is 1. The largest absolute Gasteiger partial charge is 0.480 e. The van der Waals surface area contributed by atoms with Crippen LogP contribution >= 0.6 is 0 Å². The first-order valence-electron chi connectivity index (χ1n) is 4.82. The fraction of sp³-hybridized carbons (Fsp3) is 0.0909. The van der Waals surface area contributed by atoms with E-state index in [1.54, 1.807) is 17.0 Å². The first kappa shape index (κ1) is 10.2. The van der Waals surface area contributed by atoms with E-state index in [2.05, 4.69) is 10.3 Å². The number of aliphatic carboxylic acids is 1. The lowest BCUT2D eigenvalue weighted by Crippen LogP contribution is -2.15. The minimum atomic E-state index is -0.914. The van der Waals surface area contributed by atoms with Gasteiger partial charge in [0.25, 0.3) is 0 Å². The molecule has 5 heteroatoms. The molecule has 2 aromatic rings. The Morgan fingerprint density at radius 2 is 2.12 bits per heavy atom. The number of hydrogen-bond donors (Lipinski definition) is 2. The van der Waals surface area contributed by atoms with Crippen LogP contribution in [0.15, 0.2) is 42.7 Å². The molecule has 2 rings (SSSR count). The van der Waals surface area contributed by atoms with Crippen molar-refractivity contribution >= 4 is 11.9 Å². The third-order valence-electron chi connectivity index (χ3n) is 2.07. The molecule has 82 valence electrons. The van der Waals surface area contributed by atoms with E-state index in [1.165, 1.54) is 0 Å². The number of hydrogen-bond acceptors (Lipinski definition) is 3. The number of para-hydroxylation sites is 1. The number of benzene rings is 1. The van der Waals surface area contributed by atoms with Gasteiger partial charge < -0.3 is 10.4 Å². The number of carboxylic acid groups (broad SMARTS) is 1. The van der Waals surface area contributed by atoms with Crippen molar-refractivity contribution in [1.82, 2.24) is 9.55 Å². The fourth-order valence-electron chi connectivity index (χ4n) is 1.39. The van der Waals surface area contributed by atoms with Crippen LogP contribution in [0.2, 0.25) is 0 Å². The number of anilines is 1. The minimum Gasteiger partial charge on any atom is -0.480 e. The molecule has 0 fully saturated rings. The Bertz CT molecular complexity index is 479. The van der Waals surface area contributed by atoms with Gasteiger partial charge in [0.05, 0.1) is 0 Å². The summed E-state index contributed by atoms with van der Waals surface area (Å²) >= 11 is 0. The molecule has 0 aliphatic carbocycles. The molecule has 5 nitrogen and oxygen atoms in total. The number of imidazole rings is 1. The van der Waals surface area contributed by atoms with Gasteiger partial charge in [0.1, 0.15) is 6.54 Å². The molecule has 0 spiro atoms. The van der Waals surface area contributed by atoms with Crippen LogP contribution in [-0.2, 0) is 4.79 Å². The molecule has 0 aliphatic rings. The van der Waals surface area contributed by atoms with Gasteiger partial charge in [-0.2, -0.15) is 0 Å². The van der Waals surface area contributed by atoms with Crippen LogP contribution in [0, 0.1) is 0 Å². The predicted octanol–water partition coefficient (Wildman–Crippen LogP) is 1.37. The molecule has 0 unspecified atom stereocenters. The second-order valence-corrected chi connectivity index (χ2v) is 3.20. The quantitative estimate of drug-likeness (QED) is 0.811. The Hall–Kier alpha value is -2.30. The predicted molar refractivity (Wildman–Crippen MR) is 59.7 cm³/mol. The Morgan fingerprint density at radius 3 is 2.81 bits per heavy atom. The van der Waals surface area contributed by atoms with Gasteiger partial charge in [-0.05, 0) is 12.1 Å². The summed E-state index contributed by atoms with van der Waals surface area (Å²) in [4.78, 5) is 14.5. The molecule has 0 saturated heterocycles. The van der Waals surface area contributed by atoms with E-state index in [4.69, 9.17) is 5.11 Å². The highest BCUT2D eigenvalue weighted by Gasteiger charge is 2.05. The van der Waals surface area contributed by atoms with Gasteiger partial charge in [0, 0.05) is 18.1 Å². The lowest BCUT2D eigenvalue weighted by atomic mass is 10.3. The minimum absolute atomic E-state index is 0.149. The summed E-state index contributed by atoms with van der Waals surface area (Å²) in [6, 6.07) is 9.60. The van der Waals surface area contributed by atoms with E-state index in [-0.39, 0.29) is 6.54 Å². The lowest BCUT2D eigenvalue weighted by molar-refractivity contribution is -0.134. The smallest absolute Gasteiger partial charge is 0.322 e. The SMILES string of the molecule is O=C(O)CNc1nccn1-c1ccccc1. The van der Waals surface area contributed by atoms with Crippen molar-refractivity contribution in [2.75, 3.05) is 11.9 Å². The van der Waals surface area contributed by atoms with Gasteiger partial charge in [-0.15, -0.1) is 0 Å². The van der Waals surface area contributed by atoms with Crippen molar-refractivity contribution in [3.63, 3.8) is 0 Å². The van der Waals surface area contributed by atoms with Crippen LogP contribution in [0.4, 0.5) is 5.95 Å². The molecule has 0 saturated carbocycles. The molecule has 0 aliphatic heterocycles. The first-order chi connectivity index (χ1) is 7.77. The average Bonchev–Trinajstić information content (AvgIpc) is 2.75. The van der Waals surface area contributed by atoms with Gasteiger partial charge >= 0.3 is 5.97 Å². The van der Waals surface area contributed by atoms with Crippen LogP contribution in [-0.4, -0.2) is 27.2 Å². The first-order valence-corrected chi connectivity index (χ1v) is 4.82. The van der Waals surface area contributed by atoms with E-state index in [1.807, 2.05) is 30.3 Å². The van der Waals surface area contributed by atoms with Gasteiger partial charge in [-0.25, -0.2) is 4.98 Å². The van der Waals surface area contributed by atoms with E-state index in [0.29, 0.717) is 5.95 Å². The molecular formula is C11H11N3O2. The molecule has 0 bridgehead atoms. The summed E-state index contributed by atoms with van der Waals surface area (Å²) in [6.07, 6.45) is 3.40. The van der Waals surface area contributed by atoms with Crippen molar-refractivity contribution < 1.29 is 9.90 Å². The third kappa shape index (κ3) is 2.20. The van der Waals surface area contributed by atoms with Crippen LogP contribution in [0.1, 0.15) is 0 Å². The summed E-state index contributed by atoms with van der Waals surface area (Å²) < 4.78 is 1.79. The van der Waals surface area contributed by atoms with Gasteiger partial charge in [-0.3, -0.25) is 9.36 Å². The Labute approximate surface area is 92.4 Å². The summed E-state index contributed by atoms with van der Waals surface area (Å²) in [6.45, 7) is -0.149. The standard InChI is InChI=1S/C11H11N3O2/c15-10(16)8-13-11-12-6-7-14(11)9-4-2-1-3-5-9/h1-7H,8H2,(H,12,13)(H,15,16). The maximum absolute atomic E-state index is 10.4. The molecule has 1 aromatic carbocycles. The zero-order valence-corrected chi connectivity index (χ0v) is 8.50. The molecule has 16 heavy (non-hydrogen) atoms. The van der Waals surface area contributed by atoms with Crippen molar-refractivity contribution in [2.45, 2.75) is 0 Å². The maximum atomic E-state index is 10.4. The Morgan fingerprint density at radius 1 is 1.38 bits per heavy atom. The lowest BCUT2D eigenvalue weighted by Gasteiger charge is -2.07. The van der Waals surface area contributed by atoms with Crippen LogP contribution < -0.4 is 5.32 Å². The van der Waals surface area contributed by atoms with Crippen LogP contribution in [0.25, 0.3) is 5.69 Å². The number of aromatic nitrogens is 2. The summed E-state index contributed by atoms with van der Waals surface area (Å²) in [5, 5.41) is 11.3. The summed E-state index contributed by atoms with van der Waals surface area (Å²) in [5.74, 6) is -0.392. The Balaban J connectivity index is 2.23. The zero-order valence-electron chi connectivity index (χ0n) is 8.50. The van der Waals surface area contributed by atoms with E-state index in [9.17, 15) is 4.79 Å². The maximum Gasteiger partial charge on any atom is 0.322 e. The van der Waals surface area contributed by atoms with Crippen LogP contribution in [0.3, 0.4) is 0 Å². The van der Waals surface area contributed by atoms with Crippen molar-refractivity contribution in [3.05, 3.63) is 42.7 Å². The molecule has 2 N–H and O–H groups in total. The van der Waals surface area contributed by atoms with E-state index < -0.39 is 5.97 Å². The van der Waals surface area contributed by atoms with E-state index in [0.717, 1.165) is 5.69 Å². The molecule has 0 radical (unpaired) electrons. The topological polar surface area (TPSA) is 67.2 Å². The number of carboxylic acids is 1. The summed E-state index contributed by atoms with van der Waals surface area (Å²) in [7, 11) is 0. The molecule has 1 heterocycles. The third-order valence-corrected chi connectivity index (χ3v) is 2.07. The van der Waals surface area contributed by atoms with Crippen molar-refractivity contribution in [1.29, 1.82) is 0 Å². The fourth-order valence-corrected chi connectivity index (χ4v) is 1.39. The number of carbonyl (C=O) groups is 1. The second kappa shape index (κ2) is 4.48. The summed E-state index contributed by atoms with van der Waals surface area (Å²) in [5.41, 5.74) is 0.938.